The summed E-state index contributed by atoms with van der Waals surface area (Å²) >= 11 is 3.36. The van der Waals surface area contributed by atoms with Crippen LogP contribution in [0.1, 0.15) is 15.9 Å². The maximum absolute atomic E-state index is 13.2. The molecule has 0 aliphatic heterocycles. The van der Waals surface area contributed by atoms with Crippen molar-refractivity contribution in [2.75, 3.05) is 17.7 Å². The molecule has 0 atom stereocenters. The molecule has 0 fully saturated rings. The van der Waals surface area contributed by atoms with Crippen LogP contribution in [0.3, 0.4) is 0 Å². The first-order valence-electron chi connectivity index (χ1n) is 5.91. The smallest absolute Gasteiger partial charge is 0.259 e. The third-order valence-electron chi connectivity index (χ3n) is 2.64. The van der Waals surface area contributed by atoms with E-state index in [9.17, 15) is 9.18 Å². The first-order chi connectivity index (χ1) is 9.49. The molecule has 0 spiro atoms. The lowest BCUT2D eigenvalue weighted by atomic mass is 10.2. The summed E-state index contributed by atoms with van der Waals surface area (Å²) < 4.78 is 14.1. The number of nitrogens with zero attached hydrogens (tertiary/aromatic N) is 1. The summed E-state index contributed by atoms with van der Waals surface area (Å²) in [4.78, 5) is 16.0. The van der Waals surface area contributed by atoms with Crippen molar-refractivity contribution in [3.8, 4) is 0 Å². The molecule has 0 saturated carbocycles. The molecule has 2 N–H and O–H groups in total. The van der Waals surface area contributed by atoms with E-state index in [-0.39, 0.29) is 5.56 Å². The highest BCUT2D eigenvalue weighted by molar-refractivity contribution is 9.10. The van der Waals surface area contributed by atoms with Crippen LogP contribution in [0.25, 0.3) is 0 Å². The monoisotopic (exact) mass is 337 g/mol. The number of halogens is 2. The van der Waals surface area contributed by atoms with Gasteiger partial charge in [0.15, 0.2) is 0 Å². The number of anilines is 2. The fourth-order valence-corrected chi connectivity index (χ4v) is 2.43. The fraction of sp³-hybridized carbons (Fsp3) is 0.143. The van der Waals surface area contributed by atoms with Crippen LogP contribution in [0.15, 0.2) is 34.9 Å². The van der Waals surface area contributed by atoms with Crippen molar-refractivity contribution in [1.29, 1.82) is 0 Å². The van der Waals surface area contributed by atoms with Crippen molar-refractivity contribution in [3.05, 3.63) is 51.9 Å². The van der Waals surface area contributed by atoms with Gasteiger partial charge in [0.25, 0.3) is 5.91 Å². The maximum atomic E-state index is 13.2. The summed E-state index contributed by atoms with van der Waals surface area (Å²) in [5.74, 6) is -0.644. The van der Waals surface area contributed by atoms with Gasteiger partial charge in [-0.1, -0.05) is 15.9 Å². The van der Waals surface area contributed by atoms with Crippen LogP contribution >= 0.6 is 15.9 Å². The number of carbonyl (C=O) groups is 1. The van der Waals surface area contributed by atoms with Gasteiger partial charge in [-0.2, -0.15) is 0 Å². The Bertz CT molecular complexity index is 641. The Balaban J connectivity index is 2.30. The first kappa shape index (κ1) is 14.5. The van der Waals surface area contributed by atoms with E-state index in [1.165, 1.54) is 0 Å². The highest BCUT2D eigenvalue weighted by Gasteiger charge is 2.14. The Morgan fingerprint density at radius 2 is 2.05 bits per heavy atom. The summed E-state index contributed by atoms with van der Waals surface area (Å²) in [5, 5.41) is 5.49. The van der Waals surface area contributed by atoms with Gasteiger partial charge in [0.05, 0.1) is 11.8 Å². The lowest BCUT2D eigenvalue weighted by Gasteiger charge is -2.10. The Morgan fingerprint density at radius 3 is 2.70 bits per heavy atom. The second-order valence-corrected chi connectivity index (χ2v) is 5.19. The average molecular weight is 338 g/mol. The SMILES string of the molecule is CNc1ncc(F)cc1C(=O)Nc1cc(C)cc(Br)c1. The molecule has 20 heavy (non-hydrogen) atoms. The molecule has 4 nitrogen and oxygen atoms in total. The van der Waals surface area contributed by atoms with Gasteiger partial charge in [0.1, 0.15) is 11.6 Å². The number of carbonyl (C=O) groups excluding carboxylic acids is 1. The summed E-state index contributed by atoms with van der Waals surface area (Å²) in [6, 6.07) is 6.68. The second kappa shape index (κ2) is 6.00. The predicted molar refractivity (Wildman–Crippen MR) is 80.6 cm³/mol. The third kappa shape index (κ3) is 3.33. The molecule has 2 rings (SSSR count). The van der Waals surface area contributed by atoms with E-state index >= 15 is 0 Å². The Labute approximate surface area is 124 Å². The molecule has 0 saturated heterocycles. The van der Waals surface area contributed by atoms with Crippen LogP contribution in [-0.4, -0.2) is 17.9 Å². The molecule has 0 unspecified atom stereocenters. The molecule has 2 aromatic rings. The van der Waals surface area contributed by atoms with Gasteiger partial charge in [0.2, 0.25) is 0 Å². The highest BCUT2D eigenvalue weighted by atomic mass is 79.9. The van der Waals surface area contributed by atoms with Crippen LogP contribution in [0.2, 0.25) is 0 Å². The predicted octanol–water partition coefficient (Wildman–Crippen LogP) is 3.59. The molecular weight excluding hydrogens is 325 g/mol. The van der Waals surface area contributed by atoms with Crippen molar-refractivity contribution in [1.82, 2.24) is 4.98 Å². The lowest BCUT2D eigenvalue weighted by molar-refractivity contribution is 0.102. The van der Waals surface area contributed by atoms with E-state index in [1.54, 1.807) is 13.1 Å². The van der Waals surface area contributed by atoms with Gasteiger partial charge in [-0.3, -0.25) is 4.79 Å². The number of rotatable bonds is 3. The third-order valence-corrected chi connectivity index (χ3v) is 3.09. The van der Waals surface area contributed by atoms with Crippen molar-refractivity contribution < 1.29 is 9.18 Å². The zero-order valence-corrected chi connectivity index (χ0v) is 12.6. The number of benzene rings is 1. The lowest BCUT2D eigenvalue weighted by Crippen LogP contribution is -2.15. The van der Waals surface area contributed by atoms with Crippen LogP contribution in [0.4, 0.5) is 15.9 Å². The molecule has 0 radical (unpaired) electrons. The molecule has 1 aromatic carbocycles. The van der Waals surface area contributed by atoms with Gasteiger partial charge >= 0.3 is 0 Å². The van der Waals surface area contributed by atoms with Crippen molar-refractivity contribution in [2.45, 2.75) is 6.92 Å². The van der Waals surface area contributed by atoms with E-state index in [0.29, 0.717) is 11.5 Å². The summed E-state index contributed by atoms with van der Waals surface area (Å²) in [6.07, 6.45) is 1.06. The molecule has 0 aliphatic rings. The normalized spacial score (nSPS) is 10.2. The molecule has 104 valence electrons. The summed E-state index contributed by atoms with van der Waals surface area (Å²) in [6.45, 7) is 1.92. The molecule has 1 heterocycles. The zero-order chi connectivity index (χ0) is 14.7. The molecule has 6 heteroatoms. The number of hydrogen-bond donors (Lipinski definition) is 2. The number of aryl methyl sites for hydroxylation is 1. The van der Waals surface area contributed by atoms with E-state index in [0.717, 1.165) is 22.3 Å². The fourth-order valence-electron chi connectivity index (χ4n) is 1.82. The topological polar surface area (TPSA) is 54.0 Å². The molecule has 1 aromatic heterocycles. The Morgan fingerprint density at radius 1 is 1.30 bits per heavy atom. The number of nitrogens with one attached hydrogen (secondary N) is 2. The van der Waals surface area contributed by atoms with Crippen LogP contribution in [-0.2, 0) is 0 Å². The molecule has 1 amide bonds. The van der Waals surface area contributed by atoms with Gasteiger partial charge in [-0.25, -0.2) is 9.37 Å². The quantitative estimate of drug-likeness (QED) is 0.899. The van der Waals surface area contributed by atoms with Gasteiger partial charge < -0.3 is 10.6 Å². The first-order valence-corrected chi connectivity index (χ1v) is 6.70. The van der Waals surface area contributed by atoms with Gasteiger partial charge in [0, 0.05) is 17.2 Å². The van der Waals surface area contributed by atoms with Crippen molar-refractivity contribution in [3.63, 3.8) is 0 Å². The van der Waals surface area contributed by atoms with E-state index in [4.69, 9.17) is 0 Å². The Hall–Kier alpha value is -1.95. The van der Waals surface area contributed by atoms with Crippen molar-refractivity contribution in [2.24, 2.45) is 0 Å². The van der Waals surface area contributed by atoms with Crippen molar-refractivity contribution >= 4 is 33.3 Å². The number of aromatic nitrogens is 1. The summed E-state index contributed by atoms with van der Waals surface area (Å²) in [5.41, 5.74) is 1.79. The Kier molecular flexibility index (Phi) is 4.34. The number of amides is 1. The van der Waals surface area contributed by atoms with Gasteiger partial charge in [-0.15, -0.1) is 0 Å². The molecule has 0 bridgehead atoms. The van der Waals surface area contributed by atoms with Gasteiger partial charge in [-0.05, 0) is 36.8 Å². The summed E-state index contributed by atoms with van der Waals surface area (Å²) in [7, 11) is 1.63. The zero-order valence-electron chi connectivity index (χ0n) is 11.0. The minimum Gasteiger partial charge on any atom is -0.372 e. The minimum atomic E-state index is -0.556. The molecular formula is C14H13BrFN3O. The second-order valence-electron chi connectivity index (χ2n) is 4.27. The van der Waals surface area contributed by atoms with E-state index in [1.807, 2.05) is 19.1 Å². The van der Waals surface area contributed by atoms with E-state index < -0.39 is 11.7 Å². The molecule has 0 aliphatic carbocycles. The van der Waals surface area contributed by atoms with Crippen LogP contribution < -0.4 is 10.6 Å². The highest BCUT2D eigenvalue weighted by Crippen LogP contribution is 2.21. The largest absolute Gasteiger partial charge is 0.372 e. The minimum absolute atomic E-state index is 0.158. The van der Waals surface area contributed by atoms with Crippen LogP contribution in [0, 0.1) is 12.7 Å². The van der Waals surface area contributed by atoms with Crippen LogP contribution in [0.5, 0.6) is 0 Å². The number of pyridine rings is 1. The average Bonchev–Trinajstić information content (AvgIpc) is 2.37. The number of hydrogen-bond acceptors (Lipinski definition) is 3. The maximum Gasteiger partial charge on any atom is 0.259 e. The standard InChI is InChI=1S/C14H13BrFN3O/c1-8-3-9(15)5-11(4-8)19-14(20)12-6-10(16)7-18-13(12)17-2/h3-7H,1-2H3,(H,17,18)(H,19,20). The van der Waals surface area contributed by atoms with E-state index in [2.05, 4.69) is 31.5 Å².